The summed E-state index contributed by atoms with van der Waals surface area (Å²) in [6.45, 7) is 3.38. The largest absolute Gasteiger partial charge is 0.550 e. The van der Waals surface area contributed by atoms with Crippen LogP contribution in [0, 0.1) is 0 Å². The van der Waals surface area contributed by atoms with Gasteiger partial charge >= 0.3 is 13.8 Å². The van der Waals surface area contributed by atoms with Gasteiger partial charge in [-0.1, -0.05) is 17.3 Å². The number of carboxylic acid groups (broad SMARTS) is 1. The first-order valence-corrected chi connectivity index (χ1v) is 9.17. The summed E-state index contributed by atoms with van der Waals surface area (Å²) < 4.78 is 26.6. The lowest BCUT2D eigenvalue weighted by atomic mass is 10.1. The van der Waals surface area contributed by atoms with Crippen molar-refractivity contribution in [3.05, 3.63) is 29.8 Å². The Labute approximate surface area is 133 Å². The summed E-state index contributed by atoms with van der Waals surface area (Å²) in [5.74, 6) is -1.31. The number of phosphoric ester groups is 1. The molecule has 0 aliphatic heterocycles. The van der Waals surface area contributed by atoms with Crippen LogP contribution in [-0.2, 0) is 23.0 Å². The Kier molecular flexibility index (Phi) is 7.61. The minimum absolute atomic E-state index is 0.0810. The molecule has 0 aliphatic rings. The van der Waals surface area contributed by atoms with Crippen LogP contribution >= 0.6 is 19.6 Å². The monoisotopic (exact) mass is 347 g/mol. The van der Waals surface area contributed by atoms with Gasteiger partial charge in [0.25, 0.3) is 0 Å². The van der Waals surface area contributed by atoms with Gasteiger partial charge in [-0.3, -0.25) is 13.7 Å². The molecular weight excluding hydrogens is 329 g/mol. The van der Waals surface area contributed by atoms with Gasteiger partial charge < -0.3 is 5.11 Å². The van der Waals surface area contributed by atoms with Crippen LogP contribution in [0.25, 0.3) is 0 Å². The average molecular weight is 347 g/mol. The SMILES string of the molecule is CCOP(=O)(OCC)ON=C(C(=O)O)c1ccc(SC)cc1. The van der Waals surface area contributed by atoms with E-state index < -0.39 is 13.8 Å². The first-order valence-electron chi connectivity index (χ1n) is 6.49. The molecule has 9 heteroatoms. The van der Waals surface area contributed by atoms with Crippen molar-refractivity contribution >= 4 is 31.3 Å². The summed E-state index contributed by atoms with van der Waals surface area (Å²) in [4.78, 5) is 12.3. The van der Waals surface area contributed by atoms with Crippen molar-refractivity contribution in [3.8, 4) is 0 Å². The highest BCUT2D eigenvalue weighted by atomic mass is 32.2. The second-order valence-corrected chi connectivity index (χ2v) is 6.29. The van der Waals surface area contributed by atoms with Gasteiger partial charge in [0.15, 0.2) is 5.71 Å². The Balaban J connectivity index is 3.03. The maximum absolute atomic E-state index is 12.1. The molecule has 0 heterocycles. The van der Waals surface area contributed by atoms with Crippen LogP contribution in [-0.4, -0.2) is 36.3 Å². The summed E-state index contributed by atoms with van der Waals surface area (Å²) in [7, 11) is -3.90. The topological polar surface area (TPSA) is 94.4 Å². The number of hydrogen-bond acceptors (Lipinski definition) is 7. The maximum atomic E-state index is 12.1. The molecule has 1 rings (SSSR count). The Morgan fingerprint density at radius 2 is 1.77 bits per heavy atom. The molecule has 0 saturated carbocycles. The average Bonchev–Trinajstić information content (AvgIpc) is 2.48. The second-order valence-electron chi connectivity index (χ2n) is 3.84. The number of benzene rings is 1. The van der Waals surface area contributed by atoms with E-state index in [4.69, 9.17) is 13.7 Å². The number of oxime groups is 1. The van der Waals surface area contributed by atoms with E-state index in [9.17, 15) is 14.5 Å². The van der Waals surface area contributed by atoms with Crippen LogP contribution < -0.4 is 0 Å². The molecule has 1 N–H and O–H groups in total. The molecule has 0 saturated heterocycles. The van der Waals surface area contributed by atoms with Crippen LogP contribution in [0.2, 0.25) is 0 Å². The lowest BCUT2D eigenvalue weighted by Gasteiger charge is -2.13. The number of carbonyl (C=O) groups is 1. The van der Waals surface area contributed by atoms with Crippen LogP contribution in [0.1, 0.15) is 19.4 Å². The highest BCUT2D eigenvalue weighted by Crippen LogP contribution is 2.49. The lowest BCUT2D eigenvalue weighted by molar-refractivity contribution is -0.129. The van der Waals surface area contributed by atoms with Gasteiger partial charge in [-0.2, -0.15) is 0 Å². The third kappa shape index (κ3) is 5.46. The van der Waals surface area contributed by atoms with Gasteiger partial charge in [0.05, 0.1) is 13.2 Å². The molecule has 122 valence electrons. The van der Waals surface area contributed by atoms with Gasteiger partial charge in [0.1, 0.15) is 0 Å². The van der Waals surface area contributed by atoms with Crippen molar-refractivity contribution in [1.82, 2.24) is 0 Å². The molecule has 0 radical (unpaired) electrons. The Morgan fingerprint density at radius 1 is 1.23 bits per heavy atom. The van der Waals surface area contributed by atoms with E-state index in [1.807, 2.05) is 6.26 Å². The zero-order valence-electron chi connectivity index (χ0n) is 12.5. The van der Waals surface area contributed by atoms with Gasteiger partial charge in [-0.05, 0) is 32.2 Å². The van der Waals surface area contributed by atoms with Gasteiger partial charge in [-0.25, -0.2) is 9.36 Å². The lowest BCUT2D eigenvalue weighted by Crippen LogP contribution is -2.15. The predicted molar refractivity (Wildman–Crippen MR) is 84.3 cm³/mol. The van der Waals surface area contributed by atoms with Crippen molar-refractivity contribution < 1.29 is 28.1 Å². The molecular formula is C13H18NO6PS. The fourth-order valence-corrected chi connectivity index (χ4v) is 2.85. The van der Waals surface area contributed by atoms with Crippen LogP contribution in [0.5, 0.6) is 0 Å². The summed E-state index contributed by atoms with van der Waals surface area (Å²) in [6, 6.07) is 6.69. The summed E-state index contributed by atoms with van der Waals surface area (Å²) in [5.41, 5.74) is -0.0582. The van der Waals surface area contributed by atoms with Crippen LogP contribution in [0.3, 0.4) is 0 Å². The predicted octanol–water partition coefficient (Wildman–Crippen LogP) is 3.39. The Bertz CT molecular complexity index is 564. The molecule has 1 aromatic rings. The number of phosphoric acid groups is 1. The number of rotatable bonds is 9. The van der Waals surface area contributed by atoms with Crippen molar-refractivity contribution in [2.45, 2.75) is 18.7 Å². The van der Waals surface area contributed by atoms with Gasteiger partial charge in [0, 0.05) is 10.5 Å². The Hall–Kier alpha value is -1.34. The smallest absolute Gasteiger partial charge is 0.476 e. The van der Waals surface area contributed by atoms with Crippen LogP contribution in [0.4, 0.5) is 0 Å². The molecule has 1 aromatic carbocycles. The van der Waals surface area contributed by atoms with E-state index in [1.54, 1.807) is 38.1 Å². The van der Waals surface area contributed by atoms with E-state index in [0.29, 0.717) is 5.56 Å². The van der Waals surface area contributed by atoms with Crippen molar-refractivity contribution in [1.29, 1.82) is 0 Å². The second kappa shape index (κ2) is 8.95. The molecule has 0 bridgehead atoms. The third-order valence-corrected chi connectivity index (χ3v) is 4.55. The highest BCUT2D eigenvalue weighted by Gasteiger charge is 2.28. The molecule has 0 aliphatic carbocycles. The van der Waals surface area contributed by atoms with Crippen molar-refractivity contribution in [2.75, 3.05) is 19.5 Å². The summed E-state index contributed by atoms with van der Waals surface area (Å²) in [6.07, 6.45) is 1.91. The van der Waals surface area contributed by atoms with Crippen molar-refractivity contribution in [2.24, 2.45) is 5.16 Å². The molecule has 0 spiro atoms. The van der Waals surface area contributed by atoms with E-state index in [0.717, 1.165) is 4.90 Å². The zero-order valence-corrected chi connectivity index (χ0v) is 14.2. The molecule has 0 atom stereocenters. The first kappa shape index (κ1) is 18.7. The van der Waals surface area contributed by atoms with Gasteiger partial charge in [-0.15, -0.1) is 11.8 Å². The van der Waals surface area contributed by atoms with E-state index in [1.165, 1.54) is 11.8 Å². The van der Waals surface area contributed by atoms with E-state index >= 15 is 0 Å². The first-order chi connectivity index (χ1) is 10.5. The number of nitrogens with zero attached hydrogens (tertiary/aromatic N) is 1. The standard InChI is InChI=1S/C13H18NO6PS/c1-4-18-21(17,19-5-2)20-14-12(13(15)16)10-6-8-11(22-3)9-7-10/h6-9H,4-5H2,1-3H3,(H,15,16). The number of hydrogen-bond donors (Lipinski definition) is 1. The van der Waals surface area contributed by atoms with Crippen LogP contribution in [0.15, 0.2) is 34.3 Å². The van der Waals surface area contributed by atoms with E-state index in [2.05, 4.69) is 5.16 Å². The molecule has 0 fully saturated rings. The third-order valence-electron chi connectivity index (χ3n) is 2.37. The highest BCUT2D eigenvalue weighted by molar-refractivity contribution is 7.98. The summed E-state index contributed by atoms with van der Waals surface area (Å²) in [5, 5.41) is 12.7. The maximum Gasteiger partial charge on any atom is 0.550 e. The number of aliphatic carboxylic acids is 1. The number of thioether (sulfide) groups is 1. The molecule has 7 nitrogen and oxygen atoms in total. The molecule has 0 amide bonds. The zero-order chi connectivity index (χ0) is 16.6. The Morgan fingerprint density at radius 3 is 2.18 bits per heavy atom. The molecule has 22 heavy (non-hydrogen) atoms. The van der Waals surface area contributed by atoms with E-state index in [-0.39, 0.29) is 18.9 Å². The molecule has 0 unspecified atom stereocenters. The molecule has 0 aromatic heterocycles. The fourth-order valence-electron chi connectivity index (χ4n) is 1.46. The minimum Gasteiger partial charge on any atom is -0.476 e. The quantitative estimate of drug-likeness (QED) is 0.317. The van der Waals surface area contributed by atoms with Gasteiger partial charge in [0.2, 0.25) is 0 Å². The van der Waals surface area contributed by atoms with Crippen molar-refractivity contribution in [3.63, 3.8) is 0 Å². The number of carboxylic acids is 1. The summed E-state index contributed by atoms with van der Waals surface area (Å²) >= 11 is 1.53. The fraction of sp³-hybridized carbons (Fsp3) is 0.385. The minimum atomic E-state index is -3.90. The normalized spacial score (nSPS) is 12.2.